The molecule has 2 aliphatic rings. The van der Waals surface area contributed by atoms with Crippen LogP contribution in [0, 0.1) is 11.8 Å². The average molecular weight is 252 g/mol. The molecule has 0 aromatic carbocycles. The van der Waals surface area contributed by atoms with Gasteiger partial charge in [0.2, 0.25) is 0 Å². The molecule has 0 spiro atoms. The molecule has 106 valence electrons. The molecule has 3 unspecified atom stereocenters. The second-order valence-corrected chi connectivity index (χ2v) is 7.23. The maximum Gasteiger partial charge on any atom is 0.0166 e. The second-order valence-electron chi connectivity index (χ2n) is 7.23. The quantitative estimate of drug-likeness (QED) is 0.834. The minimum absolute atomic E-state index is 0.155. The summed E-state index contributed by atoms with van der Waals surface area (Å²) in [6.07, 6.45) is 9.19. The summed E-state index contributed by atoms with van der Waals surface area (Å²) in [7, 11) is 0. The van der Waals surface area contributed by atoms with Gasteiger partial charge in [0, 0.05) is 24.7 Å². The maximum absolute atomic E-state index is 6.56. The zero-order valence-corrected chi connectivity index (χ0v) is 12.6. The van der Waals surface area contributed by atoms with E-state index in [1.165, 1.54) is 58.0 Å². The molecule has 2 heteroatoms. The van der Waals surface area contributed by atoms with Crippen molar-refractivity contribution in [2.24, 2.45) is 17.6 Å². The number of likely N-dealkylation sites (tertiary alicyclic amines) is 1. The van der Waals surface area contributed by atoms with E-state index in [1.54, 1.807) is 0 Å². The van der Waals surface area contributed by atoms with Crippen LogP contribution in [0.3, 0.4) is 0 Å². The van der Waals surface area contributed by atoms with Gasteiger partial charge in [-0.1, -0.05) is 33.1 Å². The Hall–Kier alpha value is -0.0800. The predicted octanol–water partition coefficient (Wildman–Crippen LogP) is 3.40. The highest BCUT2D eigenvalue weighted by Crippen LogP contribution is 2.31. The predicted molar refractivity (Wildman–Crippen MR) is 78.6 cm³/mol. The van der Waals surface area contributed by atoms with Gasteiger partial charge in [-0.05, 0) is 44.4 Å². The van der Waals surface area contributed by atoms with Crippen LogP contribution in [-0.2, 0) is 0 Å². The van der Waals surface area contributed by atoms with Crippen molar-refractivity contribution in [2.45, 2.75) is 77.3 Å². The van der Waals surface area contributed by atoms with Crippen LogP contribution >= 0.6 is 0 Å². The Morgan fingerprint density at radius 1 is 1.11 bits per heavy atom. The molecule has 0 radical (unpaired) electrons. The van der Waals surface area contributed by atoms with Gasteiger partial charge in [0.05, 0.1) is 0 Å². The lowest BCUT2D eigenvalue weighted by molar-refractivity contribution is 0.0689. The lowest BCUT2D eigenvalue weighted by Crippen LogP contribution is -2.50. The monoisotopic (exact) mass is 252 g/mol. The summed E-state index contributed by atoms with van der Waals surface area (Å²) < 4.78 is 0. The average Bonchev–Trinajstić information content (AvgIpc) is 2.33. The van der Waals surface area contributed by atoms with Crippen LogP contribution in [-0.4, -0.2) is 29.6 Å². The molecular weight excluding hydrogens is 220 g/mol. The number of hydrogen-bond donors (Lipinski definition) is 1. The molecule has 1 heterocycles. The van der Waals surface area contributed by atoms with Crippen molar-refractivity contribution in [1.82, 2.24) is 4.90 Å². The van der Waals surface area contributed by atoms with E-state index < -0.39 is 0 Å². The van der Waals surface area contributed by atoms with Crippen molar-refractivity contribution in [2.75, 3.05) is 13.1 Å². The van der Waals surface area contributed by atoms with Crippen LogP contribution in [0.15, 0.2) is 0 Å². The molecule has 1 saturated heterocycles. The second kappa shape index (κ2) is 5.92. The molecule has 3 atom stereocenters. The Kier molecular flexibility index (Phi) is 4.71. The van der Waals surface area contributed by atoms with Gasteiger partial charge in [-0.15, -0.1) is 0 Å². The van der Waals surface area contributed by atoms with E-state index >= 15 is 0 Å². The standard InChI is InChI=1S/C16H32N2/c1-13-11-14(2)15(3)18(12-13)10-9-16(17)7-5-4-6-8-16/h13-15H,4-12,17H2,1-3H3. The smallest absolute Gasteiger partial charge is 0.0166 e. The first-order valence-corrected chi connectivity index (χ1v) is 8.03. The molecule has 2 fully saturated rings. The van der Waals surface area contributed by atoms with E-state index in [1.807, 2.05) is 0 Å². The highest BCUT2D eigenvalue weighted by Gasteiger charge is 2.32. The molecule has 2 N–H and O–H groups in total. The van der Waals surface area contributed by atoms with E-state index in [-0.39, 0.29) is 5.54 Å². The Bertz CT molecular complexity index is 258. The summed E-state index contributed by atoms with van der Waals surface area (Å²) in [6.45, 7) is 9.70. The van der Waals surface area contributed by atoms with Crippen LogP contribution < -0.4 is 5.73 Å². The van der Waals surface area contributed by atoms with Crippen molar-refractivity contribution in [1.29, 1.82) is 0 Å². The van der Waals surface area contributed by atoms with Crippen molar-refractivity contribution >= 4 is 0 Å². The van der Waals surface area contributed by atoms with Gasteiger partial charge < -0.3 is 10.6 Å². The molecule has 2 nitrogen and oxygen atoms in total. The molecule has 1 aliphatic heterocycles. The van der Waals surface area contributed by atoms with Crippen LogP contribution in [0.2, 0.25) is 0 Å². The lowest BCUT2D eigenvalue weighted by atomic mass is 9.79. The van der Waals surface area contributed by atoms with Crippen molar-refractivity contribution in [3.8, 4) is 0 Å². The van der Waals surface area contributed by atoms with Crippen LogP contribution in [0.1, 0.15) is 65.7 Å². The van der Waals surface area contributed by atoms with E-state index in [0.717, 1.165) is 17.9 Å². The maximum atomic E-state index is 6.56. The molecule has 2 rings (SSSR count). The van der Waals surface area contributed by atoms with E-state index in [9.17, 15) is 0 Å². The normalized spacial score (nSPS) is 37.7. The summed E-state index contributed by atoms with van der Waals surface area (Å²) in [6, 6.07) is 0.744. The Balaban J connectivity index is 1.84. The van der Waals surface area contributed by atoms with E-state index in [2.05, 4.69) is 25.7 Å². The summed E-state index contributed by atoms with van der Waals surface area (Å²) >= 11 is 0. The third-order valence-corrected chi connectivity index (χ3v) is 5.47. The molecule has 1 aliphatic carbocycles. The number of nitrogens with zero attached hydrogens (tertiary/aromatic N) is 1. The summed E-state index contributed by atoms with van der Waals surface area (Å²) in [4.78, 5) is 2.70. The first kappa shape index (κ1) is 14.3. The van der Waals surface area contributed by atoms with Gasteiger partial charge in [-0.25, -0.2) is 0 Å². The molecule has 0 aromatic rings. The van der Waals surface area contributed by atoms with E-state index in [4.69, 9.17) is 5.73 Å². The lowest BCUT2D eigenvalue weighted by Gasteiger charge is -2.43. The van der Waals surface area contributed by atoms with E-state index in [0.29, 0.717) is 0 Å². The highest BCUT2D eigenvalue weighted by molar-refractivity contribution is 4.90. The minimum atomic E-state index is 0.155. The van der Waals surface area contributed by atoms with Crippen molar-refractivity contribution in [3.63, 3.8) is 0 Å². The van der Waals surface area contributed by atoms with Crippen LogP contribution in [0.25, 0.3) is 0 Å². The molecule has 0 aromatic heterocycles. The van der Waals surface area contributed by atoms with Gasteiger partial charge in [-0.3, -0.25) is 0 Å². The van der Waals surface area contributed by atoms with Gasteiger partial charge >= 0.3 is 0 Å². The molecule has 1 saturated carbocycles. The fraction of sp³-hybridized carbons (Fsp3) is 1.00. The fourth-order valence-electron chi connectivity index (χ4n) is 4.00. The first-order valence-electron chi connectivity index (χ1n) is 8.03. The summed E-state index contributed by atoms with van der Waals surface area (Å²) in [5.74, 6) is 1.70. The third kappa shape index (κ3) is 3.48. The Labute approximate surface area is 113 Å². The highest BCUT2D eigenvalue weighted by atomic mass is 15.2. The third-order valence-electron chi connectivity index (χ3n) is 5.47. The zero-order chi connectivity index (χ0) is 13.2. The van der Waals surface area contributed by atoms with Gasteiger partial charge in [-0.2, -0.15) is 0 Å². The van der Waals surface area contributed by atoms with Gasteiger partial charge in [0.1, 0.15) is 0 Å². The summed E-state index contributed by atoms with van der Waals surface area (Å²) in [5.41, 5.74) is 6.72. The van der Waals surface area contributed by atoms with Gasteiger partial charge in [0.25, 0.3) is 0 Å². The molecule has 0 bridgehead atoms. The summed E-state index contributed by atoms with van der Waals surface area (Å²) in [5, 5.41) is 0. The number of piperidine rings is 1. The van der Waals surface area contributed by atoms with Gasteiger partial charge in [0.15, 0.2) is 0 Å². The first-order chi connectivity index (χ1) is 8.50. The van der Waals surface area contributed by atoms with Crippen molar-refractivity contribution in [3.05, 3.63) is 0 Å². The van der Waals surface area contributed by atoms with Crippen molar-refractivity contribution < 1.29 is 0 Å². The minimum Gasteiger partial charge on any atom is -0.325 e. The largest absolute Gasteiger partial charge is 0.325 e. The Morgan fingerprint density at radius 3 is 2.44 bits per heavy atom. The number of hydrogen-bond acceptors (Lipinski definition) is 2. The van der Waals surface area contributed by atoms with Crippen LogP contribution in [0.5, 0.6) is 0 Å². The van der Waals surface area contributed by atoms with Crippen LogP contribution in [0.4, 0.5) is 0 Å². The number of rotatable bonds is 3. The molecule has 18 heavy (non-hydrogen) atoms. The zero-order valence-electron chi connectivity index (χ0n) is 12.6. The topological polar surface area (TPSA) is 29.3 Å². The molecule has 0 amide bonds. The SMILES string of the molecule is CC1CC(C)C(C)N(CCC2(N)CCCCC2)C1. The number of nitrogens with two attached hydrogens (primary N) is 1. The molecular formula is C16H32N2. The fourth-order valence-corrected chi connectivity index (χ4v) is 4.00. The Morgan fingerprint density at radius 2 is 1.78 bits per heavy atom.